The van der Waals surface area contributed by atoms with Crippen LogP contribution in [0.1, 0.15) is 18.6 Å². The molecule has 1 atom stereocenters. The van der Waals surface area contributed by atoms with Gasteiger partial charge in [0.1, 0.15) is 5.82 Å². The third-order valence-electron chi connectivity index (χ3n) is 1.97. The molecule has 0 aliphatic rings. The van der Waals surface area contributed by atoms with Crippen molar-refractivity contribution in [1.82, 2.24) is 0 Å². The van der Waals surface area contributed by atoms with Gasteiger partial charge in [-0.3, -0.25) is 4.18 Å². The zero-order valence-electron chi connectivity index (χ0n) is 8.83. The zero-order valence-corrected chi connectivity index (χ0v) is 11.2. The molecule has 0 aliphatic carbocycles. The maximum absolute atomic E-state index is 12.9. The van der Waals surface area contributed by atoms with Gasteiger partial charge in [-0.05, 0) is 40.5 Å². The van der Waals surface area contributed by atoms with E-state index in [2.05, 4.69) is 20.1 Å². The zero-order chi connectivity index (χ0) is 14.1. The van der Waals surface area contributed by atoms with Crippen molar-refractivity contribution >= 4 is 26.0 Å². The first-order valence-corrected chi connectivity index (χ1v) is 6.69. The first-order chi connectivity index (χ1) is 8.04. The van der Waals surface area contributed by atoms with Gasteiger partial charge in [0.15, 0.2) is 0 Å². The molecule has 1 aromatic rings. The largest absolute Gasteiger partial charge is 0.523 e. The lowest BCUT2D eigenvalue weighted by Crippen LogP contribution is -2.26. The fraction of sp³-hybridized carbons (Fsp3) is 0.333. The van der Waals surface area contributed by atoms with Crippen LogP contribution in [0.2, 0.25) is 0 Å². The molecule has 0 amide bonds. The minimum atomic E-state index is -5.68. The average molecular weight is 351 g/mol. The fourth-order valence-corrected chi connectivity index (χ4v) is 2.06. The van der Waals surface area contributed by atoms with E-state index >= 15 is 0 Å². The third kappa shape index (κ3) is 3.42. The first-order valence-electron chi connectivity index (χ1n) is 4.49. The van der Waals surface area contributed by atoms with Gasteiger partial charge < -0.3 is 0 Å². The van der Waals surface area contributed by atoms with E-state index in [9.17, 15) is 26.0 Å². The summed E-state index contributed by atoms with van der Waals surface area (Å²) >= 11 is 2.83. The van der Waals surface area contributed by atoms with E-state index in [1.807, 2.05) is 0 Å². The van der Waals surface area contributed by atoms with Gasteiger partial charge in [0.05, 0.1) is 10.6 Å². The van der Waals surface area contributed by atoms with E-state index in [1.165, 1.54) is 0 Å². The molecule has 3 nitrogen and oxygen atoms in total. The second-order valence-corrected chi connectivity index (χ2v) is 5.73. The number of alkyl halides is 3. The van der Waals surface area contributed by atoms with Crippen LogP contribution in [-0.2, 0) is 14.3 Å². The topological polar surface area (TPSA) is 43.4 Å². The monoisotopic (exact) mass is 350 g/mol. The average Bonchev–Trinajstić information content (AvgIpc) is 2.19. The highest BCUT2D eigenvalue weighted by atomic mass is 79.9. The molecular formula is C9H7BrF4O3S. The van der Waals surface area contributed by atoms with Gasteiger partial charge in [-0.1, -0.05) is 6.07 Å². The van der Waals surface area contributed by atoms with E-state index in [0.717, 1.165) is 25.1 Å². The minimum absolute atomic E-state index is 0.000133. The van der Waals surface area contributed by atoms with Gasteiger partial charge in [-0.2, -0.15) is 21.6 Å². The summed E-state index contributed by atoms with van der Waals surface area (Å²) in [5, 5.41) is 0. The van der Waals surface area contributed by atoms with Crippen LogP contribution in [0.3, 0.4) is 0 Å². The van der Waals surface area contributed by atoms with E-state index in [-0.39, 0.29) is 10.0 Å². The lowest BCUT2D eigenvalue weighted by Gasteiger charge is -2.15. The smallest absolute Gasteiger partial charge is 0.255 e. The Balaban J connectivity index is 2.96. The van der Waals surface area contributed by atoms with E-state index in [0.29, 0.717) is 0 Å². The van der Waals surface area contributed by atoms with Crippen molar-refractivity contribution in [2.75, 3.05) is 0 Å². The molecule has 0 heterocycles. The lowest BCUT2D eigenvalue weighted by molar-refractivity contribution is -0.0569. The molecule has 1 unspecified atom stereocenters. The summed E-state index contributed by atoms with van der Waals surface area (Å²) in [5.41, 5.74) is -5.39. The lowest BCUT2D eigenvalue weighted by atomic mass is 10.1. The molecular weight excluding hydrogens is 344 g/mol. The number of benzene rings is 1. The Bertz CT molecular complexity index is 541. The van der Waals surface area contributed by atoms with Gasteiger partial charge in [-0.25, -0.2) is 4.39 Å². The fourth-order valence-electron chi connectivity index (χ4n) is 1.07. The maximum Gasteiger partial charge on any atom is 0.523 e. The summed E-state index contributed by atoms with van der Waals surface area (Å²) < 4.78 is 74.6. The van der Waals surface area contributed by atoms with Crippen LogP contribution in [0, 0.1) is 5.82 Å². The molecule has 0 radical (unpaired) electrons. The molecule has 1 rings (SSSR count). The first kappa shape index (κ1) is 15.4. The summed E-state index contributed by atoms with van der Waals surface area (Å²) in [6.45, 7) is 1.11. The molecule has 0 saturated heterocycles. The van der Waals surface area contributed by atoms with Crippen molar-refractivity contribution in [2.45, 2.75) is 18.5 Å². The highest BCUT2D eigenvalue weighted by Crippen LogP contribution is 2.31. The quantitative estimate of drug-likeness (QED) is 0.476. The number of halogens is 5. The predicted molar refractivity (Wildman–Crippen MR) is 58.6 cm³/mol. The van der Waals surface area contributed by atoms with Gasteiger partial charge in [0, 0.05) is 0 Å². The van der Waals surface area contributed by atoms with Crippen LogP contribution in [0.4, 0.5) is 17.6 Å². The predicted octanol–water partition coefficient (Wildman–Crippen LogP) is 3.52. The molecule has 0 aromatic heterocycles. The summed E-state index contributed by atoms with van der Waals surface area (Å²) in [5.74, 6) is -0.621. The van der Waals surface area contributed by atoms with Crippen LogP contribution >= 0.6 is 15.9 Å². The Morgan fingerprint density at radius 2 is 1.89 bits per heavy atom. The standard InChI is InChI=1S/C9H7BrF4O3S/c1-5(17-18(15,16)9(12,13)14)6-2-3-8(11)7(10)4-6/h2-5H,1H3. The summed E-state index contributed by atoms with van der Waals surface area (Å²) in [7, 11) is -5.68. The second-order valence-electron chi connectivity index (χ2n) is 3.31. The van der Waals surface area contributed by atoms with Crippen molar-refractivity contribution in [3.63, 3.8) is 0 Å². The van der Waals surface area contributed by atoms with Crippen LogP contribution < -0.4 is 0 Å². The van der Waals surface area contributed by atoms with Gasteiger partial charge in [-0.15, -0.1) is 0 Å². The molecule has 0 spiro atoms. The van der Waals surface area contributed by atoms with Crippen molar-refractivity contribution in [3.8, 4) is 0 Å². The van der Waals surface area contributed by atoms with E-state index in [1.54, 1.807) is 0 Å². The molecule has 0 N–H and O–H groups in total. The third-order valence-corrected chi connectivity index (χ3v) is 3.68. The minimum Gasteiger partial charge on any atom is -0.255 e. The molecule has 102 valence electrons. The van der Waals surface area contributed by atoms with Gasteiger partial charge in [0.25, 0.3) is 0 Å². The van der Waals surface area contributed by atoms with Crippen molar-refractivity contribution in [1.29, 1.82) is 0 Å². The van der Waals surface area contributed by atoms with Crippen molar-refractivity contribution in [2.24, 2.45) is 0 Å². The highest BCUT2D eigenvalue weighted by molar-refractivity contribution is 9.10. The Morgan fingerprint density at radius 1 is 1.33 bits per heavy atom. The molecule has 0 bridgehead atoms. The number of hydrogen-bond acceptors (Lipinski definition) is 3. The van der Waals surface area contributed by atoms with Crippen LogP contribution in [0.25, 0.3) is 0 Å². The molecule has 9 heteroatoms. The van der Waals surface area contributed by atoms with Crippen molar-refractivity contribution in [3.05, 3.63) is 34.1 Å². The Morgan fingerprint density at radius 3 is 2.33 bits per heavy atom. The van der Waals surface area contributed by atoms with Crippen LogP contribution in [-0.4, -0.2) is 13.9 Å². The normalized spacial score (nSPS) is 14.6. The molecule has 1 aromatic carbocycles. The van der Waals surface area contributed by atoms with E-state index < -0.39 is 27.5 Å². The number of hydrogen-bond donors (Lipinski definition) is 0. The molecule has 18 heavy (non-hydrogen) atoms. The van der Waals surface area contributed by atoms with Crippen molar-refractivity contribution < 1.29 is 30.2 Å². The Labute approximate surface area is 109 Å². The van der Waals surface area contributed by atoms with Crippen LogP contribution in [0.15, 0.2) is 22.7 Å². The molecule has 0 saturated carbocycles. The maximum atomic E-state index is 12.9. The second kappa shape index (κ2) is 5.14. The van der Waals surface area contributed by atoms with Gasteiger partial charge >= 0.3 is 15.6 Å². The summed E-state index contributed by atoms with van der Waals surface area (Å²) in [4.78, 5) is 0. The van der Waals surface area contributed by atoms with Crippen LogP contribution in [0.5, 0.6) is 0 Å². The van der Waals surface area contributed by atoms with E-state index in [4.69, 9.17) is 0 Å². The molecule has 0 fully saturated rings. The summed E-state index contributed by atoms with van der Waals surface area (Å²) in [6, 6.07) is 3.27. The highest BCUT2D eigenvalue weighted by Gasteiger charge is 2.48. The Kier molecular flexibility index (Phi) is 4.39. The van der Waals surface area contributed by atoms with Gasteiger partial charge in [0.2, 0.25) is 0 Å². The summed E-state index contributed by atoms with van der Waals surface area (Å²) in [6.07, 6.45) is -1.38. The number of rotatable bonds is 3. The molecule has 0 aliphatic heterocycles. The SMILES string of the molecule is CC(OS(=O)(=O)C(F)(F)F)c1ccc(F)c(Br)c1. The Hall–Kier alpha value is -0.670.